The molecule has 144 valence electrons. The zero-order valence-corrected chi connectivity index (χ0v) is 15.3. The first-order valence-corrected chi connectivity index (χ1v) is 9.16. The second kappa shape index (κ2) is 8.31. The van der Waals surface area contributed by atoms with Gasteiger partial charge in [0, 0.05) is 32.9 Å². The number of morpholine rings is 1. The number of methoxy groups -OCH3 is 2. The van der Waals surface area contributed by atoms with Gasteiger partial charge in [-0.05, 0) is 0 Å². The molecule has 3 heterocycles. The monoisotopic (exact) mass is 365 g/mol. The summed E-state index contributed by atoms with van der Waals surface area (Å²) in [7, 11) is 3.34. The molecule has 0 radical (unpaired) electrons. The lowest BCUT2D eigenvalue weighted by atomic mass is 9.93. The van der Waals surface area contributed by atoms with Gasteiger partial charge in [0.25, 0.3) is 0 Å². The van der Waals surface area contributed by atoms with Crippen molar-refractivity contribution in [2.75, 3.05) is 47.1 Å². The van der Waals surface area contributed by atoms with E-state index in [1.807, 2.05) is 30.3 Å². The van der Waals surface area contributed by atoms with Crippen molar-refractivity contribution in [1.82, 2.24) is 4.90 Å². The Labute approximate surface area is 154 Å². The first-order chi connectivity index (χ1) is 12.8. The number of hydrogen-bond donors (Lipinski definition) is 0. The summed E-state index contributed by atoms with van der Waals surface area (Å²) in [5.74, 6) is 0. The van der Waals surface area contributed by atoms with Crippen LogP contribution in [0.25, 0.3) is 0 Å². The molecule has 6 atom stereocenters. The van der Waals surface area contributed by atoms with Gasteiger partial charge in [-0.1, -0.05) is 30.3 Å². The number of ether oxygens (including phenoxy) is 6. The lowest BCUT2D eigenvalue weighted by Crippen LogP contribution is -2.68. The quantitative estimate of drug-likeness (QED) is 0.794. The SMILES string of the molecule is CO[C@H]1O[C@@H]2CO[C@@H](c3ccccc3)O[C@H]2[C@@H](N2CCOCC2)[C@@H]1OC. The van der Waals surface area contributed by atoms with Gasteiger partial charge in [-0.25, -0.2) is 0 Å². The summed E-state index contributed by atoms with van der Waals surface area (Å²) < 4.78 is 35.3. The smallest absolute Gasteiger partial charge is 0.185 e. The third-order valence-corrected chi connectivity index (χ3v) is 5.35. The van der Waals surface area contributed by atoms with Gasteiger partial charge in [-0.2, -0.15) is 0 Å². The van der Waals surface area contributed by atoms with Gasteiger partial charge < -0.3 is 28.4 Å². The Kier molecular flexibility index (Phi) is 5.85. The molecule has 0 N–H and O–H groups in total. The van der Waals surface area contributed by atoms with Crippen molar-refractivity contribution < 1.29 is 28.4 Å². The standard InChI is InChI=1S/C19H27NO6/c1-21-17-15(20-8-10-23-11-9-20)16-14(25-19(17)22-2)12-24-18(26-16)13-6-4-3-5-7-13/h3-7,14-19H,8-12H2,1-2H3/t14-,15-,16-,17+,18-,19+/m1/s1. The fraction of sp³-hybridized carbons (Fsp3) is 0.684. The Morgan fingerprint density at radius 2 is 1.77 bits per heavy atom. The molecule has 0 bridgehead atoms. The fourth-order valence-corrected chi connectivity index (χ4v) is 4.08. The highest BCUT2D eigenvalue weighted by molar-refractivity contribution is 5.17. The summed E-state index contributed by atoms with van der Waals surface area (Å²) in [5, 5.41) is 0. The molecule has 3 aliphatic rings. The first kappa shape index (κ1) is 18.3. The number of rotatable bonds is 4. The highest BCUT2D eigenvalue weighted by Crippen LogP contribution is 2.37. The molecular weight excluding hydrogens is 338 g/mol. The van der Waals surface area contributed by atoms with Gasteiger partial charge in [0.05, 0.1) is 25.9 Å². The topological polar surface area (TPSA) is 58.6 Å². The minimum absolute atomic E-state index is 0.0164. The van der Waals surface area contributed by atoms with E-state index in [0.717, 1.165) is 18.7 Å². The lowest BCUT2D eigenvalue weighted by Gasteiger charge is -2.52. The maximum absolute atomic E-state index is 6.40. The molecule has 0 saturated carbocycles. The van der Waals surface area contributed by atoms with Crippen LogP contribution in [0.3, 0.4) is 0 Å². The third-order valence-electron chi connectivity index (χ3n) is 5.35. The average molecular weight is 365 g/mol. The van der Waals surface area contributed by atoms with Crippen molar-refractivity contribution in [2.45, 2.75) is 36.9 Å². The Bertz CT molecular complexity index is 566. The summed E-state index contributed by atoms with van der Waals surface area (Å²) in [6, 6.07) is 10.0. The average Bonchev–Trinajstić information content (AvgIpc) is 2.73. The maximum Gasteiger partial charge on any atom is 0.185 e. The normalized spacial score (nSPS) is 38.7. The highest BCUT2D eigenvalue weighted by Gasteiger charge is 2.52. The minimum Gasteiger partial charge on any atom is -0.379 e. The fourth-order valence-electron chi connectivity index (χ4n) is 4.08. The van der Waals surface area contributed by atoms with Crippen LogP contribution >= 0.6 is 0 Å². The molecule has 0 spiro atoms. The first-order valence-electron chi connectivity index (χ1n) is 9.16. The van der Waals surface area contributed by atoms with Crippen molar-refractivity contribution in [3.63, 3.8) is 0 Å². The van der Waals surface area contributed by atoms with Crippen LogP contribution in [0.1, 0.15) is 11.9 Å². The molecule has 3 fully saturated rings. The van der Waals surface area contributed by atoms with E-state index in [-0.39, 0.29) is 24.4 Å². The van der Waals surface area contributed by atoms with E-state index in [2.05, 4.69) is 4.90 Å². The van der Waals surface area contributed by atoms with Gasteiger partial charge in [-0.3, -0.25) is 4.90 Å². The Morgan fingerprint density at radius 1 is 1.00 bits per heavy atom. The molecule has 0 amide bonds. The summed E-state index contributed by atoms with van der Waals surface area (Å²) in [6.07, 6.45) is -1.45. The lowest BCUT2D eigenvalue weighted by molar-refractivity contribution is -0.353. The van der Waals surface area contributed by atoms with Crippen LogP contribution in [0.2, 0.25) is 0 Å². The number of fused-ring (bicyclic) bond motifs is 1. The molecule has 7 nitrogen and oxygen atoms in total. The van der Waals surface area contributed by atoms with Crippen molar-refractivity contribution in [2.24, 2.45) is 0 Å². The van der Waals surface area contributed by atoms with Gasteiger partial charge in [0.2, 0.25) is 0 Å². The summed E-state index contributed by atoms with van der Waals surface area (Å²) >= 11 is 0. The van der Waals surface area contributed by atoms with E-state index in [1.165, 1.54) is 0 Å². The van der Waals surface area contributed by atoms with Crippen LogP contribution in [-0.4, -0.2) is 82.7 Å². The molecule has 7 heteroatoms. The second-order valence-corrected chi connectivity index (χ2v) is 6.79. The molecule has 1 aromatic rings. The third kappa shape index (κ3) is 3.53. The van der Waals surface area contributed by atoms with Crippen LogP contribution in [0, 0.1) is 0 Å². The molecule has 26 heavy (non-hydrogen) atoms. The Hall–Kier alpha value is -1.06. The zero-order chi connectivity index (χ0) is 17.9. The Balaban J connectivity index is 1.59. The van der Waals surface area contributed by atoms with Gasteiger partial charge >= 0.3 is 0 Å². The van der Waals surface area contributed by atoms with E-state index >= 15 is 0 Å². The van der Waals surface area contributed by atoms with Crippen molar-refractivity contribution in [3.8, 4) is 0 Å². The molecule has 3 saturated heterocycles. The van der Waals surface area contributed by atoms with Gasteiger partial charge in [0.1, 0.15) is 18.3 Å². The largest absolute Gasteiger partial charge is 0.379 e. The highest BCUT2D eigenvalue weighted by atomic mass is 16.8. The molecule has 0 aromatic heterocycles. The van der Waals surface area contributed by atoms with Crippen LogP contribution in [0.15, 0.2) is 30.3 Å². The number of benzene rings is 1. The molecule has 4 rings (SSSR count). The van der Waals surface area contributed by atoms with Crippen molar-refractivity contribution in [3.05, 3.63) is 35.9 Å². The number of nitrogens with zero attached hydrogens (tertiary/aromatic N) is 1. The Morgan fingerprint density at radius 3 is 2.46 bits per heavy atom. The van der Waals surface area contributed by atoms with E-state index in [0.29, 0.717) is 19.8 Å². The predicted octanol–water partition coefficient (Wildman–Crippen LogP) is 1.19. The molecular formula is C19H27NO6. The van der Waals surface area contributed by atoms with E-state index in [9.17, 15) is 0 Å². The van der Waals surface area contributed by atoms with Crippen LogP contribution < -0.4 is 0 Å². The second-order valence-electron chi connectivity index (χ2n) is 6.79. The maximum atomic E-state index is 6.40. The van der Waals surface area contributed by atoms with E-state index in [1.54, 1.807) is 14.2 Å². The van der Waals surface area contributed by atoms with Crippen molar-refractivity contribution >= 4 is 0 Å². The van der Waals surface area contributed by atoms with Gasteiger partial charge in [0.15, 0.2) is 12.6 Å². The van der Waals surface area contributed by atoms with E-state index < -0.39 is 12.6 Å². The summed E-state index contributed by atoms with van der Waals surface area (Å²) in [6.45, 7) is 3.55. The predicted molar refractivity (Wildman–Crippen MR) is 92.7 cm³/mol. The summed E-state index contributed by atoms with van der Waals surface area (Å²) in [5.41, 5.74) is 1.01. The van der Waals surface area contributed by atoms with Gasteiger partial charge in [-0.15, -0.1) is 0 Å². The molecule has 3 aliphatic heterocycles. The molecule has 0 unspecified atom stereocenters. The van der Waals surface area contributed by atoms with Crippen LogP contribution in [0.4, 0.5) is 0 Å². The van der Waals surface area contributed by atoms with E-state index in [4.69, 9.17) is 28.4 Å². The molecule has 0 aliphatic carbocycles. The van der Waals surface area contributed by atoms with Crippen LogP contribution in [0.5, 0.6) is 0 Å². The molecule has 1 aromatic carbocycles. The number of hydrogen-bond acceptors (Lipinski definition) is 7. The summed E-state index contributed by atoms with van der Waals surface area (Å²) in [4.78, 5) is 2.37. The minimum atomic E-state index is -0.449. The zero-order valence-electron chi connectivity index (χ0n) is 15.3. The van der Waals surface area contributed by atoms with Crippen LogP contribution in [-0.2, 0) is 28.4 Å². The van der Waals surface area contributed by atoms with Crippen molar-refractivity contribution in [1.29, 1.82) is 0 Å².